The number of hydrogen-bond acceptors (Lipinski definition) is 5. The van der Waals surface area contributed by atoms with Gasteiger partial charge in [-0.2, -0.15) is 0 Å². The lowest BCUT2D eigenvalue weighted by atomic mass is 10.2. The maximum atomic E-state index is 13.5. The van der Waals surface area contributed by atoms with Gasteiger partial charge in [-0.25, -0.2) is 17.5 Å². The normalized spacial score (nSPS) is 16.3. The van der Waals surface area contributed by atoms with Crippen molar-refractivity contribution >= 4 is 15.7 Å². The Morgan fingerprint density at radius 1 is 1.43 bits per heavy atom. The van der Waals surface area contributed by atoms with E-state index < -0.39 is 21.9 Å². The Balaban J connectivity index is 2.06. The van der Waals surface area contributed by atoms with E-state index in [0.717, 1.165) is 18.9 Å². The Kier molecular flexibility index (Phi) is 6.34. The van der Waals surface area contributed by atoms with Gasteiger partial charge in [0.15, 0.2) is 0 Å². The monoisotopic (exact) mass is 346 g/mol. The van der Waals surface area contributed by atoms with Crippen molar-refractivity contribution < 1.29 is 22.7 Å². The zero-order chi connectivity index (χ0) is 16.9. The van der Waals surface area contributed by atoms with Crippen molar-refractivity contribution in [1.29, 1.82) is 0 Å². The number of aliphatic hydroxyl groups is 1. The van der Waals surface area contributed by atoms with Crippen LogP contribution in [0.2, 0.25) is 0 Å². The highest BCUT2D eigenvalue weighted by atomic mass is 32.2. The third-order valence-corrected chi connectivity index (χ3v) is 5.19. The second-order valence-electron chi connectivity index (χ2n) is 5.67. The first kappa shape index (κ1) is 18.1. The number of methoxy groups -OCH3 is 1. The zero-order valence-corrected chi connectivity index (χ0v) is 13.9. The Morgan fingerprint density at radius 2 is 2.17 bits per heavy atom. The average molecular weight is 346 g/mol. The number of hydrogen-bond donors (Lipinski definition) is 3. The molecule has 0 spiro atoms. The summed E-state index contributed by atoms with van der Waals surface area (Å²) in [4.78, 5) is -0.155. The number of aliphatic hydroxyl groups excluding tert-OH is 1. The van der Waals surface area contributed by atoms with Gasteiger partial charge in [0.1, 0.15) is 10.7 Å². The molecule has 1 atom stereocenters. The first-order chi connectivity index (χ1) is 10.9. The van der Waals surface area contributed by atoms with Gasteiger partial charge in [0.2, 0.25) is 10.0 Å². The molecule has 2 rings (SSSR count). The molecule has 0 radical (unpaired) electrons. The molecule has 1 aliphatic rings. The maximum absolute atomic E-state index is 13.5. The van der Waals surface area contributed by atoms with Gasteiger partial charge in [0, 0.05) is 26.8 Å². The van der Waals surface area contributed by atoms with Crippen LogP contribution in [-0.4, -0.2) is 46.4 Å². The largest absolute Gasteiger partial charge is 0.391 e. The fourth-order valence-corrected chi connectivity index (χ4v) is 3.47. The molecule has 3 N–H and O–H groups in total. The van der Waals surface area contributed by atoms with E-state index in [1.165, 1.54) is 12.1 Å². The summed E-state index contributed by atoms with van der Waals surface area (Å²) in [5.74, 6) is -0.465. The van der Waals surface area contributed by atoms with Crippen molar-refractivity contribution in [1.82, 2.24) is 4.72 Å². The molecular weight excluding hydrogens is 323 g/mol. The number of benzene rings is 1. The molecule has 0 aliphatic heterocycles. The summed E-state index contributed by atoms with van der Waals surface area (Å²) in [5, 5.41) is 12.8. The molecule has 6 nitrogen and oxygen atoms in total. The van der Waals surface area contributed by atoms with Gasteiger partial charge in [-0.15, -0.1) is 0 Å². The van der Waals surface area contributed by atoms with Crippen molar-refractivity contribution in [2.75, 3.05) is 32.1 Å². The summed E-state index contributed by atoms with van der Waals surface area (Å²) in [7, 11) is -2.31. The summed E-state index contributed by atoms with van der Waals surface area (Å²) in [6, 6.07) is 3.58. The third-order valence-electron chi connectivity index (χ3n) is 3.72. The quantitative estimate of drug-likeness (QED) is 0.556. The number of rotatable bonds is 10. The van der Waals surface area contributed by atoms with Crippen molar-refractivity contribution in [3.8, 4) is 0 Å². The van der Waals surface area contributed by atoms with Crippen molar-refractivity contribution in [3.63, 3.8) is 0 Å². The van der Waals surface area contributed by atoms with Crippen molar-refractivity contribution in [2.24, 2.45) is 5.92 Å². The lowest BCUT2D eigenvalue weighted by Gasteiger charge is -2.15. The van der Waals surface area contributed by atoms with Gasteiger partial charge in [0.05, 0.1) is 11.8 Å². The first-order valence-electron chi connectivity index (χ1n) is 7.64. The minimum absolute atomic E-state index is 0.0629. The maximum Gasteiger partial charge on any atom is 0.242 e. The molecule has 23 heavy (non-hydrogen) atoms. The highest BCUT2D eigenvalue weighted by Gasteiger charge is 2.31. The molecular formula is C15H23FN2O4S. The van der Waals surface area contributed by atoms with E-state index in [0.29, 0.717) is 25.3 Å². The zero-order valence-electron chi connectivity index (χ0n) is 13.1. The van der Waals surface area contributed by atoms with E-state index in [1.54, 1.807) is 7.11 Å². The van der Waals surface area contributed by atoms with E-state index >= 15 is 0 Å². The number of ether oxygens (including phenoxy) is 1. The molecule has 0 bridgehead atoms. The van der Waals surface area contributed by atoms with Crippen molar-refractivity contribution in [3.05, 3.63) is 24.0 Å². The third kappa shape index (κ3) is 5.42. The Hall–Kier alpha value is -1.22. The Labute approximate surface area is 136 Å². The van der Waals surface area contributed by atoms with Crippen LogP contribution in [0, 0.1) is 11.7 Å². The molecule has 1 saturated carbocycles. The smallest absolute Gasteiger partial charge is 0.242 e. The molecule has 1 aromatic carbocycles. The summed E-state index contributed by atoms with van der Waals surface area (Å²) >= 11 is 0. The summed E-state index contributed by atoms with van der Waals surface area (Å²) in [5.41, 5.74) is 0.330. The molecule has 1 fully saturated rings. The Bertz CT molecular complexity index is 620. The van der Waals surface area contributed by atoms with Crippen LogP contribution >= 0.6 is 0 Å². The van der Waals surface area contributed by atoms with Crippen LogP contribution < -0.4 is 10.0 Å². The van der Waals surface area contributed by atoms with Gasteiger partial charge in [-0.05, 0) is 43.4 Å². The van der Waals surface area contributed by atoms with E-state index in [9.17, 15) is 17.9 Å². The molecule has 1 aromatic rings. The molecule has 0 amide bonds. The first-order valence-corrected chi connectivity index (χ1v) is 9.12. The topological polar surface area (TPSA) is 87.7 Å². The molecule has 1 unspecified atom stereocenters. The van der Waals surface area contributed by atoms with Crippen LogP contribution in [0.25, 0.3) is 0 Å². The summed E-state index contributed by atoms with van der Waals surface area (Å²) in [6.45, 7) is 0.988. The highest BCUT2D eigenvalue weighted by Crippen LogP contribution is 2.32. The molecule has 0 saturated heterocycles. The minimum Gasteiger partial charge on any atom is -0.391 e. The molecule has 1 aliphatic carbocycles. The standard InChI is InChI=1S/C15H23FN2O4S/c1-22-8-2-7-17-13-6-5-12(16)9-15(13)23(20,21)18-10-14(19)11-3-4-11/h5-6,9,11,14,17-19H,2-4,7-8,10H2,1H3. The summed E-state index contributed by atoms with van der Waals surface area (Å²) < 4.78 is 45.5. The van der Waals surface area contributed by atoms with Crippen LogP contribution in [0.4, 0.5) is 10.1 Å². The van der Waals surface area contributed by atoms with Crippen LogP contribution in [0.5, 0.6) is 0 Å². The van der Waals surface area contributed by atoms with Crippen LogP contribution in [0.15, 0.2) is 23.1 Å². The average Bonchev–Trinajstić information content (AvgIpc) is 3.35. The van der Waals surface area contributed by atoms with Gasteiger partial charge in [-0.3, -0.25) is 0 Å². The second-order valence-corrected chi connectivity index (χ2v) is 7.41. The van der Waals surface area contributed by atoms with E-state index in [1.807, 2.05) is 0 Å². The minimum atomic E-state index is -3.90. The SMILES string of the molecule is COCCCNc1ccc(F)cc1S(=O)(=O)NCC(O)C1CC1. The summed E-state index contributed by atoms with van der Waals surface area (Å²) in [6.07, 6.45) is 1.82. The van der Waals surface area contributed by atoms with Gasteiger partial charge in [-0.1, -0.05) is 0 Å². The number of sulfonamides is 1. The van der Waals surface area contributed by atoms with Crippen LogP contribution in [-0.2, 0) is 14.8 Å². The van der Waals surface area contributed by atoms with Gasteiger partial charge < -0.3 is 15.2 Å². The van der Waals surface area contributed by atoms with Crippen LogP contribution in [0.3, 0.4) is 0 Å². The van der Waals surface area contributed by atoms with Crippen LogP contribution in [0.1, 0.15) is 19.3 Å². The van der Waals surface area contributed by atoms with E-state index in [2.05, 4.69) is 10.0 Å². The number of nitrogens with one attached hydrogen (secondary N) is 2. The predicted octanol–water partition coefficient (Wildman–Crippen LogP) is 1.32. The molecule has 130 valence electrons. The van der Waals surface area contributed by atoms with Gasteiger partial charge >= 0.3 is 0 Å². The highest BCUT2D eigenvalue weighted by molar-refractivity contribution is 7.89. The predicted molar refractivity (Wildman–Crippen MR) is 85.3 cm³/mol. The second kappa shape index (κ2) is 8.05. The molecule has 0 aromatic heterocycles. The number of anilines is 1. The number of halogens is 1. The van der Waals surface area contributed by atoms with E-state index in [4.69, 9.17) is 4.74 Å². The Morgan fingerprint density at radius 3 is 2.83 bits per heavy atom. The van der Waals surface area contributed by atoms with Crippen molar-refractivity contribution in [2.45, 2.75) is 30.3 Å². The molecule has 0 heterocycles. The van der Waals surface area contributed by atoms with E-state index in [-0.39, 0.29) is 17.4 Å². The van der Waals surface area contributed by atoms with Gasteiger partial charge in [0.25, 0.3) is 0 Å². The molecule has 8 heteroatoms. The lowest BCUT2D eigenvalue weighted by Crippen LogP contribution is -2.33. The lowest BCUT2D eigenvalue weighted by molar-refractivity contribution is 0.155. The fraction of sp³-hybridized carbons (Fsp3) is 0.600. The fourth-order valence-electron chi connectivity index (χ4n) is 2.22.